The fraction of sp³-hybridized carbons (Fsp3) is 0.933. The van der Waals surface area contributed by atoms with Gasteiger partial charge in [0.25, 0.3) is 0 Å². The number of hydrogen-bond acceptors (Lipinski definition) is 3. The van der Waals surface area contributed by atoms with Gasteiger partial charge in [0.1, 0.15) is 5.54 Å². The minimum atomic E-state index is -0.800. The van der Waals surface area contributed by atoms with Gasteiger partial charge in [-0.3, -0.25) is 4.79 Å². The second kappa shape index (κ2) is 5.80. The van der Waals surface area contributed by atoms with E-state index in [0.29, 0.717) is 19.0 Å². The van der Waals surface area contributed by atoms with E-state index in [4.69, 9.17) is 0 Å². The molecule has 1 aliphatic carbocycles. The zero-order valence-electron chi connectivity index (χ0n) is 12.5. The van der Waals surface area contributed by atoms with Gasteiger partial charge in [-0.15, -0.1) is 0 Å². The second-order valence-corrected chi connectivity index (χ2v) is 6.63. The number of nitrogens with one attached hydrogen (secondary N) is 1. The van der Waals surface area contributed by atoms with Crippen LogP contribution in [0.1, 0.15) is 46.5 Å². The molecular weight excluding hydrogens is 240 g/mol. The number of rotatable bonds is 6. The van der Waals surface area contributed by atoms with E-state index in [1.54, 1.807) is 0 Å². The molecule has 110 valence electrons. The third-order valence-electron chi connectivity index (χ3n) is 5.12. The number of carboxylic acid groups (broad SMARTS) is 1. The van der Waals surface area contributed by atoms with Crippen molar-refractivity contribution in [1.29, 1.82) is 0 Å². The van der Waals surface area contributed by atoms with Crippen LogP contribution < -0.4 is 5.32 Å². The van der Waals surface area contributed by atoms with Crippen molar-refractivity contribution < 1.29 is 9.90 Å². The van der Waals surface area contributed by atoms with Crippen molar-refractivity contribution in [2.45, 2.75) is 58.0 Å². The lowest BCUT2D eigenvalue weighted by Gasteiger charge is -2.33. The summed E-state index contributed by atoms with van der Waals surface area (Å²) in [6.07, 6.45) is 4.81. The summed E-state index contributed by atoms with van der Waals surface area (Å²) < 4.78 is 0. The summed E-state index contributed by atoms with van der Waals surface area (Å²) in [7, 11) is 0. The van der Waals surface area contributed by atoms with Crippen molar-refractivity contribution in [2.75, 3.05) is 19.6 Å². The maximum Gasteiger partial charge on any atom is 0.323 e. The van der Waals surface area contributed by atoms with E-state index >= 15 is 0 Å². The Hall–Kier alpha value is -0.610. The first kappa shape index (κ1) is 14.8. The van der Waals surface area contributed by atoms with E-state index in [1.807, 2.05) is 13.8 Å². The van der Waals surface area contributed by atoms with Crippen molar-refractivity contribution >= 4 is 5.97 Å². The Morgan fingerprint density at radius 1 is 1.42 bits per heavy atom. The number of carboxylic acids is 1. The first-order valence-electron chi connectivity index (χ1n) is 7.68. The maximum atomic E-state index is 11.5. The Kier molecular flexibility index (Phi) is 4.51. The van der Waals surface area contributed by atoms with Gasteiger partial charge in [-0.05, 0) is 51.5 Å². The quantitative estimate of drug-likeness (QED) is 0.773. The topological polar surface area (TPSA) is 52.6 Å². The van der Waals surface area contributed by atoms with E-state index in [2.05, 4.69) is 17.1 Å². The molecular formula is C15H28N2O2. The molecule has 2 rings (SSSR count). The monoisotopic (exact) mass is 268 g/mol. The fourth-order valence-electron chi connectivity index (χ4n) is 3.98. The minimum absolute atomic E-state index is 0.339. The van der Waals surface area contributed by atoms with Crippen molar-refractivity contribution in [2.24, 2.45) is 11.8 Å². The average molecular weight is 268 g/mol. The highest BCUT2D eigenvalue weighted by Crippen LogP contribution is 2.39. The Morgan fingerprint density at radius 2 is 2.00 bits per heavy atom. The Bertz CT molecular complexity index is 322. The molecule has 0 aromatic carbocycles. The van der Waals surface area contributed by atoms with Gasteiger partial charge in [0.05, 0.1) is 0 Å². The molecule has 4 unspecified atom stereocenters. The van der Waals surface area contributed by atoms with Crippen molar-refractivity contribution in [3.63, 3.8) is 0 Å². The lowest BCUT2D eigenvalue weighted by Crippen LogP contribution is -2.53. The Balaban J connectivity index is 1.93. The summed E-state index contributed by atoms with van der Waals surface area (Å²) in [5, 5.41) is 12.6. The summed E-state index contributed by atoms with van der Waals surface area (Å²) in [6, 6.07) is 0.339. The molecule has 0 bridgehead atoms. The molecule has 2 aliphatic rings. The molecule has 0 radical (unpaired) electrons. The van der Waals surface area contributed by atoms with E-state index in [0.717, 1.165) is 11.8 Å². The van der Waals surface area contributed by atoms with Crippen LogP contribution in [0.25, 0.3) is 0 Å². The van der Waals surface area contributed by atoms with E-state index in [-0.39, 0.29) is 0 Å². The van der Waals surface area contributed by atoms with Gasteiger partial charge >= 0.3 is 5.97 Å². The average Bonchev–Trinajstić information content (AvgIpc) is 2.88. The van der Waals surface area contributed by atoms with Crippen molar-refractivity contribution in [1.82, 2.24) is 10.2 Å². The number of nitrogens with zero attached hydrogens (tertiary/aromatic N) is 1. The smallest absolute Gasteiger partial charge is 0.323 e. The molecule has 19 heavy (non-hydrogen) atoms. The van der Waals surface area contributed by atoms with Crippen LogP contribution in [0.3, 0.4) is 0 Å². The Morgan fingerprint density at radius 3 is 2.47 bits per heavy atom. The SMILES string of the molecule is CCNC(C)(CC(C)N1CC2CCCC2C1)C(=O)O. The van der Waals surface area contributed by atoms with E-state index < -0.39 is 11.5 Å². The van der Waals surface area contributed by atoms with Gasteiger partial charge in [0, 0.05) is 19.1 Å². The molecule has 0 amide bonds. The standard InChI is InChI=1S/C15H28N2O2/c1-4-16-15(3,14(18)19)8-11(2)17-9-12-6-5-7-13(12)10-17/h11-13,16H,4-10H2,1-3H3,(H,18,19). The third kappa shape index (κ3) is 3.11. The molecule has 1 saturated carbocycles. The molecule has 4 nitrogen and oxygen atoms in total. The largest absolute Gasteiger partial charge is 0.480 e. The predicted octanol–water partition coefficient (Wildman–Crippen LogP) is 1.95. The zero-order chi connectivity index (χ0) is 14.0. The molecule has 0 aromatic rings. The normalized spacial score (nSPS) is 31.9. The second-order valence-electron chi connectivity index (χ2n) is 6.63. The lowest BCUT2D eigenvalue weighted by molar-refractivity contribution is -0.145. The first-order valence-corrected chi connectivity index (χ1v) is 7.68. The Labute approximate surface area is 116 Å². The number of likely N-dealkylation sites (N-methyl/N-ethyl adjacent to an activating group) is 1. The van der Waals surface area contributed by atoms with Crippen LogP contribution in [0.15, 0.2) is 0 Å². The number of aliphatic carboxylic acids is 1. The number of carbonyl (C=O) groups is 1. The third-order valence-corrected chi connectivity index (χ3v) is 5.12. The lowest BCUT2D eigenvalue weighted by atomic mass is 9.93. The van der Waals surface area contributed by atoms with Gasteiger partial charge in [-0.2, -0.15) is 0 Å². The molecule has 4 heteroatoms. The molecule has 1 heterocycles. The molecule has 1 aliphatic heterocycles. The van der Waals surface area contributed by atoms with Gasteiger partial charge in [-0.25, -0.2) is 0 Å². The molecule has 2 fully saturated rings. The van der Waals surface area contributed by atoms with Crippen molar-refractivity contribution in [3.8, 4) is 0 Å². The summed E-state index contributed by atoms with van der Waals surface area (Å²) in [5.41, 5.74) is -0.800. The molecule has 0 spiro atoms. The van der Waals surface area contributed by atoms with Crippen LogP contribution in [-0.2, 0) is 4.79 Å². The van der Waals surface area contributed by atoms with Gasteiger partial charge in [0.2, 0.25) is 0 Å². The fourth-order valence-corrected chi connectivity index (χ4v) is 3.98. The summed E-state index contributed by atoms with van der Waals surface area (Å²) in [4.78, 5) is 14.0. The molecule has 4 atom stereocenters. The highest BCUT2D eigenvalue weighted by atomic mass is 16.4. The molecule has 0 aromatic heterocycles. The number of fused-ring (bicyclic) bond motifs is 1. The zero-order valence-corrected chi connectivity index (χ0v) is 12.5. The van der Waals surface area contributed by atoms with Gasteiger partial charge in [0.15, 0.2) is 0 Å². The number of hydrogen-bond donors (Lipinski definition) is 2. The van der Waals surface area contributed by atoms with Crippen molar-refractivity contribution in [3.05, 3.63) is 0 Å². The summed E-state index contributed by atoms with van der Waals surface area (Å²) >= 11 is 0. The molecule has 2 N–H and O–H groups in total. The molecule has 1 saturated heterocycles. The summed E-state index contributed by atoms with van der Waals surface area (Å²) in [6.45, 7) is 9.00. The van der Waals surface area contributed by atoms with Gasteiger partial charge in [-0.1, -0.05) is 13.3 Å². The van der Waals surface area contributed by atoms with Crippen LogP contribution in [0.5, 0.6) is 0 Å². The summed E-state index contributed by atoms with van der Waals surface area (Å²) in [5.74, 6) is 1.01. The van der Waals surface area contributed by atoms with Crippen LogP contribution in [0, 0.1) is 11.8 Å². The van der Waals surface area contributed by atoms with Crippen LogP contribution in [0.4, 0.5) is 0 Å². The first-order chi connectivity index (χ1) is 8.96. The maximum absolute atomic E-state index is 11.5. The highest BCUT2D eigenvalue weighted by Gasteiger charge is 2.41. The van der Waals surface area contributed by atoms with E-state index in [1.165, 1.54) is 32.4 Å². The van der Waals surface area contributed by atoms with Crippen LogP contribution in [0.2, 0.25) is 0 Å². The van der Waals surface area contributed by atoms with Gasteiger partial charge < -0.3 is 15.3 Å². The minimum Gasteiger partial charge on any atom is -0.480 e. The highest BCUT2D eigenvalue weighted by molar-refractivity contribution is 5.78. The number of likely N-dealkylation sites (tertiary alicyclic amines) is 1. The van der Waals surface area contributed by atoms with Crippen LogP contribution >= 0.6 is 0 Å². The predicted molar refractivity (Wildman–Crippen MR) is 76.2 cm³/mol. The van der Waals surface area contributed by atoms with Crippen LogP contribution in [-0.4, -0.2) is 47.2 Å². The van der Waals surface area contributed by atoms with E-state index in [9.17, 15) is 9.90 Å².